The fraction of sp³-hybridized carbons (Fsp3) is 0.0938. The smallest absolute Gasteiger partial charge is 0.223 e. The molecule has 0 radical (unpaired) electrons. The average Bonchev–Trinajstić information content (AvgIpc) is 2.94. The van der Waals surface area contributed by atoms with Gasteiger partial charge in [0.05, 0.1) is 11.9 Å². The molecule has 4 heteroatoms. The third kappa shape index (κ3) is 5.23. The van der Waals surface area contributed by atoms with E-state index in [9.17, 15) is 4.79 Å². The van der Waals surface area contributed by atoms with E-state index >= 15 is 0 Å². The maximum absolute atomic E-state index is 13.0. The van der Waals surface area contributed by atoms with E-state index in [1.807, 2.05) is 128 Å². The average molecular weight is 474 g/mol. The van der Waals surface area contributed by atoms with Gasteiger partial charge in [0.15, 0.2) is 11.9 Å². The number of benzene rings is 4. The Bertz CT molecular complexity index is 1370. The van der Waals surface area contributed by atoms with Gasteiger partial charge in [0.1, 0.15) is 6.10 Å². The first kappa shape index (κ1) is 23.2. The third-order valence-electron chi connectivity index (χ3n) is 6.04. The molecule has 0 fully saturated rings. The van der Waals surface area contributed by atoms with E-state index in [2.05, 4.69) is 0 Å². The molecule has 5 aromatic rings. The van der Waals surface area contributed by atoms with Crippen LogP contribution in [-0.2, 0) is 0 Å². The number of hydrogen-bond acceptors (Lipinski definition) is 3. The van der Waals surface area contributed by atoms with Crippen LogP contribution < -0.4 is 15.0 Å². The minimum atomic E-state index is -0.435. The maximum Gasteiger partial charge on any atom is 0.223 e. The number of pyridine rings is 1. The molecule has 4 aromatic carbocycles. The van der Waals surface area contributed by atoms with Crippen molar-refractivity contribution in [3.8, 4) is 5.75 Å². The topological polar surface area (TPSA) is 40.5 Å². The second kappa shape index (κ2) is 10.8. The number of aryl methyl sites for hydroxylation is 1. The summed E-state index contributed by atoms with van der Waals surface area (Å²) < 4.78 is 8.03. The minimum Gasteiger partial charge on any atom is -0.475 e. The molecule has 1 aromatic heterocycles. The van der Waals surface area contributed by atoms with Gasteiger partial charge in [-0.2, -0.15) is 4.73 Å². The molecule has 0 bridgehead atoms. The molecule has 0 aliphatic rings. The Morgan fingerprint density at radius 3 is 1.39 bits per heavy atom. The Balaban J connectivity index is 1.52. The van der Waals surface area contributed by atoms with Crippen LogP contribution in [0.25, 0.3) is 0 Å². The van der Waals surface area contributed by atoms with Gasteiger partial charge in [0, 0.05) is 6.07 Å². The lowest BCUT2D eigenvalue weighted by molar-refractivity contribution is 0.0532. The van der Waals surface area contributed by atoms with Gasteiger partial charge in [0.25, 0.3) is 0 Å². The molecular formula is C32H27NO3. The van der Waals surface area contributed by atoms with E-state index < -0.39 is 6.10 Å². The summed E-state index contributed by atoms with van der Waals surface area (Å²) in [5.74, 6) is 0.221. The molecule has 178 valence electrons. The summed E-state index contributed by atoms with van der Waals surface area (Å²) in [6.45, 7) is 1.85. The van der Waals surface area contributed by atoms with E-state index in [1.165, 1.54) is 0 Å². The summed E-state index contributed by atoms with van der Waals surface area (Å²) in [6.07, 6.45) is 0.853. The predicted octanol–water partition coefficient (Wildman–Crippen LogP) is 6.54. The summed E-state index contributed by atoms with van der Waals surface area (Å²) in [5.41, 5.74) is 4.43. The molecule has 36 heavy (non-hydrogen) atoms. The van der Waals surface area contributed by atoms with Gasteiger partial charge in [-0.25, -0.2) is 0 Å². The summed E-state index contributed by atoms with van der Waals surface area (Å²) in [6, 6.07) is 41.4. The van der Waals surface area contributed by atoms with Crippen molar-refractivity contribution < 1.29 is 9.57 Å². The van der Waals surface area contributed by atoms with Crippen molar-refractivity contribution in [3.05, 3.63) is 172 Å². The molecule has 0 unspecified atom stereocenters. The predicted molar refractivity (Wildman–Crippen MR) is 142 cm³/mol. The Labute approximate surface area is 211 Å². The lowest BCUT2D eigenvalue weighted by atomic mass is 10.0. The Kier molecular flexibility index (Phi) is 6.95. The zero-order valence-corrected chi connectivity index (χ0v) is 20.0. The molecule has 5 rings (SSSR count). The van der Waals surface area contributed by atoms with Crippen molar-refractivity contribution in [2.45, 2.75) is 19.1 Å². The second-order valence-electron chi connectivity index (χ2n) is 8.60. The van der Waals surface area contributed by atoms with Crippen LogP contribution in [0.4, 0.5) is 0 Å². The highest BCUT2D eigenvalue weighted by Crippen LogP contribution is 2.28. The van der Waals surface area contributed by atoms with E-state index in [1.54, 1.807) is 17.0 Å². The maximum atomic E-state index is 13.0. The lowest BCUT2D eigenvalue weighted by Gasteiger charge is -2.24. The SMILES string of the molecule is Cc1cc(=O)c(OC(c2ccccc2)c2ccccc2)cn1OC(c1ccccc1)c1ccccc1. The standard InChI is InChI=1S/C32H27NO3/c1-24-22-29(34)30(35-31(25-14-6-2-7-15-25)26-16-8-3-9-17-26)23-33(24)36-32(27-18-10-4-11-19-27)28-20-12-5-13-21-28/h2-23,31-32H,1H3. The molecule has 0 amide bonds. The van der Waals surface area contributed by atoms with E-state index in [0.717, 1.165) is 22.3 Å². The number of hydrogen-bond donors (Lipinski definition) is 0. The molecule has 0 saturated carbocycles. The van der Waals surface area contributed by atoms with Gasteiger partial charge >= 0.3 is 0 Å². The minimum absolute atomic E-state index is 0.194. The quantitative estimate of drug-likeness (QED) is 0.257. The summed E-state index contributed by atoms with van der Waals surface area (Å²) in [4.78, 5) is 19.5. The second-order valence-corrected chi connectivity index (χ2v) is 8.60. The highest BCUT2D eigenvalue weighted by molar-refractivity contribution is 5.33. The fourth-order valence-electron chi connectivity index (χ4n) is 4.19. The molecular weight excluding hydrogens is 446 g/mol. The highest BCUT2D eigenvalue weighted by Gasteiger charge is 2.21. The van der Waals surface area contributed by atoms with E-state index in [4.69, 9.17) is 9.57 Å². The van der Waals surface area contributed by atoms with Gasteiger partial charge in [-0.3, -0.25) is 4.79 Å². The van der Waals surface area contributed by atoms with Crippen molar-refractivity contribution in [3.63, 3.8) is 0 Å². The Hall–Kier alpha value is -4.57. The van der Waals surface area contributed by atoms with Crippen molar-refractivity contribution in [1.29, 1.82) is 0 Å². The van der Waals surface area contributed by atoms with E-state index in [-0.39, 0.29) is 17.3 Å². The van der Waals surface area contributed by atoms with Crippen molar-refractivity contribution >= 4 is 0 Å². The van der Waals surface area contributed by atoms with Crippen LogP contribution in [0.1, 0.15) is 40.2 Å². The number of rotatable bonds is 8. The zero-order valence-electron chi connectivity index (χ0n) is 20.0. The Morgan fingerprint density at radius 2 is 0.972 bits per heavy atom. The first-order valence-corrected chi connectivity index (χ1v) is 12.0. The zero-order chi connectivity index (χ0) is 24.7. The highest BCUT2D eigenvalue weighted by atomic mass is 16.7. The van der Waals surface area contributed by atoms with Crippen molar-refractivity contribution in [1.82, 2.24) is 4.73 Å². The molecule has 0 aliphatic carbocycles. The molecule has 0 spiro atoms. The number of nitrogens with zero attached hydrogens (tertiary/aromatic N) is 1. The van der Waals surface area contributed by atoms with Crippen LogP contribution in [0.15, 0.2) is 138 Å². The molecule has 0 saturated heterocycles. The summed E-state index contributed by atoms with van der Waals surface area (Å²) >= 11 is 0. The summed E-state index contributed by atoms with van der Waals surface area (Å²) in [7, 11) is 0. The normalized spacial score (nSPS) is 11.0. The molecule has 0 N–H and O–H groups in total. The number of ether oxygens (including phenoxy) is 1. The first-order chi connectivity index (χ1) is 17.7. The van der Waals surface area contributed by atoms with Gasteiger partial charge < -0.3 is 9.57 Å². The van der Waals surface area contributed by atoms with Gasteiger partial charge in [0.2, 0.25) is 5.43 Å². The van der Waals surface area contributed by atoms with E-state index in [0.29, 0.717) is 5.69 Å². The van der Waals surface area contributed by atoms with Crippen LogP contribution in [-0.4, -0.2) is 4.73 Å². The Morgan fingerprint density at radius 1 is 0.583 bits per heavy atom. The van der Waals surface area contributed by atoms with Gasteiger partial charge in [-0.1, -0.05) is 121 Å². The third-order valence-corrected chi connectivity index (χ3v) is 6.04. The summed E-state index contributed by atoms with van der Waals surface area (Å²) in [5, 5.41) is 0. The van der Waals surface area contributed by atoms with Crippen LogP contribution >= 0.6 is 0 Å². The number of aromatic nitrogens is 1. The van der Waals surface area contributed by atoms with Crippen LogP contribution in [0.3, 0.4) is 0 Å². The largest absolute Gasteiger partial charge is 0.475 e. The van der Waals surface area contributed by atoms with Crippen LogP contribution in [0, 0.1) is 6.92 Å². The van der Waals surface area contributed by atoms with Gasteiger partial charge in [-0.15, -0.1) is 0 Å². The van der Waals surface area contributed by atoms with Gasteiger partial charge in [-0.05, 0) is 29.2 Å². The fourth-order valence-corrected chi connectivity index (χ4v) is 4.19. The molecule has 1 heterocycles. The van der Waals surface area contributed by atoms with Crippen molar-refractivity contribution in [2.75, 3.05) is 0 Å². The molecule has 0 aliphatic heterocycles. The monoisotopic (exact) mass is 473 g/mol. The molecule has 0 atom stereocenters. The van der Waals surface area contributed by atoms with Crippen LogP contribution in [0.5, 0.6) is 5.75 Å². The van der Waals surface area contributed by atoms with Crippen LogP contribution in [0.2, 0.25) is 0 Å². The van der Waals surface area contributed by atoms with Crippen molar-refractivity contribution in [2.24, 2.45) is 0 Å². The molecule has 4 nitrogen and oxygen atoms in total. The lowest BCUT2D eigenvalue weighted by Crippen LogP contribution is -2.24. The first-order valence-electron chi connectivity index (χ1n) is 12.0.